The van der Waals surface area contributed by atoms with Crippen LogP contribution in [0, 0.1) is 10.1 Å². The number of halogens is 1. The van der Waals surface area contributed by atoms with E-state index < -0.39 is 10.9 Å². The van der Waals surface area contributed by atoms with Crippen molar-refractivity contribution in [2.24, 2.45) is 0 Å². The lowest BCUT2D eigenvalue weighted by atomic mass is 10.2. The molecule has 1 rings (SSSR count). The van der Waals surface area contributed by atoms with Gasteiger partial charge in [-0.2, -0.15) is 0 Å². The van der Waals surface area contributed by atoms with E-state index in [9.17, 15) is 19.7 Å². The topological polar surface area (TPSA) is 95.7 Å². The highest BCUT2D eigenvalue weighted by molar-refractivity contribution is 6.32. The van der Waals surface area contributed by atoms with Gasteiger partial charge >= 0.3 is 11.9 Å². The van der Waals surface area contributed by atoms with E-state index in [1.54, 1.807) is 6.07 Å². The number of esters is 2. The van der Waals surface area contributed by atoms with Gasteiger partial charge in [0, 0.05) is 12.8 Å². The molecule has 0 spiro atoms. The van der Waals surface area contributed by atoms with E-state index in [2.05, 4.69) is 0 Å². The molecule has 0 unspecified atom stereocenters. The number of hydrogen-bond donors (Lipinski definition) is 0. The Balaban J connectivity index is 2.41. The fourth-order valence-corrected chi connectivity index (χ4v) is 2.04. The molecule has 0 amide bonds. The molecule has 0 aliphatic carbocycles. The third-order valence-corrected chi connectivity index (χ3v) is 3.18. The highest BCUT2D eigenvalue weighted by atomic mass is 35.5. The minimum absolute atomic E-state index is 0.0118. The molecule has 0 radical (unpaired) electrons. The number of nitro benzene ring substituents is 1. The molecule has 0 aliphatic heterocycles. The third kappa shape index (κ3) is 6.65. The monoisotopic (exact) mass is 343 g/mol. The molecule has 0 saturated carbocycles. The van der Waals surface area contributed by atoms with Crippen molar-refractivity contribution >= 4 is 29.2 Å². The van der Waals surface area contributed by atoms with E-state index in [1.807, 2.05) is 6.92 Å². The molecule has 0 aromatic heterocycles. The summed E-state index contributed by atoms with van der Waals surface area (Å²) in [5.41, 5.74) is -0.0525. The van der Waals surface area contributed by atoms with E-state index in [0.717, 1.165) is 6.42 Å². The van der Waals surface area contributed by atoms with E-state index in [0.29, 0.717) is 13.0 Å². The van der Waals surface area contributed by atoms with Crippen LogP contribution in [0.4, 0.5) is 5.69 Å². The summed E-state index contributed by atoms with van der Waals surface area (Å²) in [6.07, 6.45) is 1.22. The predicted molar refractivity (Wildman–Crippen MR) is 83.0 cm³/mol. The molecule has 1 aromatic carbocycles. The van der Waals surface area contributed by atoms with Gasteiger partial charge in [0.1, 0.15) is 11.6 Å². The summed E-state index contributed by atoms with van der Waals surface area (Å²) in [4.78, 5) is 33.2. The zero-order valence-corrected chi connectivity index (χ0v) is 13.5. The molecule has 0 atom stereocenters. The maximum Gasteiger partial charge on any atom is 0.306 e. The van der Waals surface area contributed by atoms with Gasteiger partial charge in [0.25, 0.3) is 5.69 Å². The number of hydrogen-bond acceptors (Lipinski definition) is 6. The first-order valence-corrected chi connectivity index (χ1v) is 7.56. The lowest BCUT2D eigenvalue weighted by Gasteiger charge is -2.06. The fraction of sp³-hybridized carbons (Fsp3) is 0.467. The second-order valence-corrected chi connectivity index (χ2v) is 5.15. The van der Waals surface area contributed by atoms with Gasteiger partial charge in [-0.15, -0.1) is 0 Å². The summed E-state index contributed by atoms with van der Waals surface area (Å²) in [6.45, 7) is 2.01. The lowest BCUT2D eigenvalue weighted by molar-refractivity contribution is -0.385. The predicted octanol–water partition coefficient (Wildman–Crippen LogP) is 3.41. The molecule has 8 heteroatoms. The van der Waals surface area contributed by atoms with Gasteiger partial charge in [0.15, 0.2) is 0 Å². The van der Waals surface area contributed by atoms with Crippen LogP contribution < -0.4 is 0 Å². The van der Waals surface area contributed by atoms with Gasteiger partial charge in [-0.3, -0.25) is 19.7 Å². The Morgan fingerprint density at radius 1 is 1.22 bits per heavy atom. The number of ether oxygens (including phenoxy) is 2. The van der Waals surface area contributed by atoms with Crippen LogP contribution in [0.2, 0.25) is 5.02 Å². The van der Waals surface area contributed by atoms with Crippen LogP contribution in [0.5, 0.6) is 0 Å². The number of carbonyl (C=O) groups excluding carboxylic acids is 2. The summed E-state index contributed by atoms with van der Waals surface area (Å²) in [5, 5.41) is 10.9. The number of carbonyl (C=O) groups is 2. The Bertz CT molecular complexity index is 575. The molecule has 0 fully saturated rings. The molecule has 0 bridgehead atoms. The number of rotatable bonds is 9. The molecule has 126 valence electrons. The van der Waals surface area contributed by atoms with Crippen LogP contribution in [0.1, 0.15) is 38.2 Å². The minimum Gasteiger partial charge on any atom is -0.466 e. The number of nitrogens with zero attached hydrogens (tertiary/aromatic N) is 1. The largest absolute Gasteiger partial charge is 0.466 e. The summed E-state index contributed by atoms with van der Waals surface area (Å²) in [5.74, 6) is -0.896. The third-order valence-electron chi connectivity index (χ3n) is 2.87. The highest BCUT2D eigenvalue weighted by Gasteiger charge is 2.19. The number of benzene rings is 1. The average molecular weight is 344 g/mol. The summed E-state index contributed by atoms with van der Waals surface area (Å²) in [7, 11) is 0. The van der Waals surface area contributed by atoms with Crippen LogP contribution in [-0.2, 0) is 25.7 Å². The van der Waals surface area contributed by atoms with E-state index in [-0.39, 0.29) is 41.7 Å². The van der Waals surface area contributed by atoms with Crippen molar-refractivity contribution in [1.82, 2.24) is 0 Å². The first-order chi connectivity index (χ1) is 11.0. The maximum atomic E-state index is 11.6. The van der Waals surface area contributed by atoms with Crippen molar-refractivity contribution in [3.05, 3.63) is 38.9 Å². The van der Waals surface area contributed by atoms with Gasteiger partial charge in [-0.05, 0) is 25.0 Å². The summed E-state index contributed by atoms with van der Waals surface area (Å²) in [6, 6.07) is 4.41. The first-order valence-electron chi connectivity index (χ1n) is 7.18. The smallest absolute Gasteiger partial charge is 0.306 e. The van der Waals surface area contributed by atoms with Crippen molar-refractivity contribution in [3.63, 3.8) is 0 Å². The standard InChI is InChI=1S/C15H18ClNO6/c1-2-9-22-13(18)7-4-8-14(19)23-10-11-5-3-6-12(16)15(11)17(20)21/h3,5-6H,2,4,7-10H2,1H3. The molecule has 0 saturated heterocycles. The molecular weight excluding hydrogens is 326 g/mol. The Kier molecular flexibility index (Phi) is 8.04. The quantitative estimate of drug-likeness (QED) is 0.387. The van der Waals surface area contributed by atoms with Crippen molar-refractivity contribution in [2.45, 2.75) is 39.2 Å². The van der Waals surface area contributed by atoms with Gasteiger partial charge in [-0.1, -0.05) is 24.6 Å². The maximum absolute atomic E-state index is 11.6. The minimum atomic E-state index is -0.616. The van der Waals surface area contributed by atoms with Crippen LogP contribution in [0.25, 0.3) is 0 Å². The van der Waals surface area contributed by atoms with Crippen LogP contribution >= 0.6 is 11.6 Å². The van der Waals surface area contributed by atoms with Crippen molar-refractivity contribution in [1.29, 1.82) is 0 Å². The molecule has 0 aliphatic rings. The van der Waals surface area contributed by atoms with Crippen LogP contribution in [0.15, 0.2) is 18.2 Å². The normalized spacial score (nSPS) is 10.2. The lowest BCUT2D eigenvalue weighted by Crippen LogP contribution is -2.09. The molecule has 23 heavy (non-hydrogen) atoms. The Labute approximate surface area is 138 Å². The van der Waals surface area contributed by atoms with Gasteiger partial charge in [0.05, 0.1) is 17.1 Å². The fourth-order valence-electron chi connectivity index (χ4n) is 1.78. The van der Waals surface area contributed by atoms with Crippen LogP contribution in [-0.4, -0.2) is 23.5 Å². The molecule has 0 N–H and O–H groups in total. The molecule has 0 heterocycles. The van der Waals surface area contributed by atoms with Gasteiger partial charge in [0.2, 0.25) is 0 Å². The van der Waals surface area contributed by atoms with E-state index in [1.165, 1.54) is 12.1 Å². The highest BCUT2D eigenvalue weighted by Crippen LogP contribution is 2.28. The second kappa shape index (κ2) is 9.78. The molecule has 7 nitrogen and oxygen atoms in total. The Hall–Kier alpha value is -2.15. The Morgan fingerprint density at radius 2 is 1.87 bits per heavy atom. The Morgan fingerprint density at radius 3 is 2.48 bits per heavy atom. The first kappa shape index (κ1) is 18.9. The van der Waals surface area contributed by atoms with Crippen LogP contribution in [0.3, 0.4) is 0 Å². The SMILES string of the molecule is CCCOC(=O)CCCC(=O)OCc1cccc(Cl)c1[N+](=O)[O-]. The zero-order chi connectivity index (χ0) is 17.2. The van der Waals surface area contributed by atoms with Gasteiger partial charge in [-0.25, -0.2) is 0 Å². The van der Waals surface area contributed by atoms with Crippen molar-refractivity contribution in [3.8, 4) is 0 Å². The van der Waals surface area contributed by atoms with Gasteiger partial charge < -0.3 is 9.47 Å². The van der Waals surface area contributed by atoms with E-state index in [4.69, 9.17) is 21.1 Å². The van der Waals surface area contributed by atoms with Crippen molar-refractivity contribution in [2.75, 3.05) is 6.61 Å². The van der Waals surface area contributed by atoms with E-state index >= 15 is 0 Å². The molecular formula is C15H18ClNO6. The zero-order valence-electron chi connectivity index (χ0n) is 12.7. The molecule has 1 aromatic rings. The summed E-state index contributed by atoms with van der Waals surface area (Å²) < 4.78 is 9.86. The average Bonchev–Trinajstić information content (AvgIpc) is 2.50. The second-order valence-electron chi connectivity index (χ2n) is 4.74. The summed E-state index contributed by atoms with van der Waals surface area (Å²) >= 11 is 5.77. The number of nitro groups is 1. The van der Waals surface area contributed by atoms with Crippen molar-refractivity contribution < 1.29 is 24.0 Å². The number of para-hydroxylation sites is 1.